The van der Waals surface area contributed by atoms with Crippen molar-refractivity contribution >= 4 is 17.6 Å². The first-order valence-electron chi connectivity index (χ1n) is 20.4. The highest BCUT2D eigenvalue weighted by Gasteiger charge is 2.48. The fourth-order valence-corrected chi connectivity index (χ4v) is 7.29. The first-order chi connectivity index (χ1) is 29.8. The van der Waals surface area contributed by atoms with Gasteiger partial charge in [-0.1, -0.05) is 127 Å². The Morgan fingerprint density at radius 1 is 0.672 bits per heavy atom. The van der Waals surface area contributed by atoms with Crippen LogP contribution in [-0.2, 0) is 59.7 Å². The summed E-state index contributed by atoms with van der Waals surface area (Å²) in [6.07, 6.45) is 1.84. The first-order valence-corrected chi connectivity index (χ1v) is 20.4. The highest BCUT2D eigenvalue weighted by Crippen LogP contribution is 2.42. The van der Waals surface area contributed by atoms with E-state index in [9.17, 15) is 14.7 Å². The molecular weight excluding hydrogens is 775 g/mol. The molecule has 5 aromatic carbocycles. The van der Waals surface area contributed by atoms with Crippen LogP contribution in [0, 0.1) is 0 Å². The van der Waals surface area contributed by atoms with E-state index in [2.05, 4.69) is 0 Å². The highest BCUT2D eigenvalue weighted by molar-refractivity contribution is 5.98. The maximum atomic E-state index is 12.0. The van der Waals surface area contributed by atoms with Gasteiger partial charge in [-0.2, -0.15) is 0 Å². The molecule has 1 amide bonds. The van der Waals surface area contributed by atoms with Crippen molar-refractivity contribution in [3.8, 4) is 11.5 Å². The minimum Gasteiger partial charge on any atom is -0.457 e. The van der Waals surface area contributed by atoms with E-state index in [-0.39, 0.29) is 12.5 Å². The van der Waals surface area contributed by atoms with Gasteiger partial charge in [0.2, 0.25) is 5.91 Å². The van der Waals surface area contributed by atoms with Gasteiger partial charge < -0.3 is 38.3 Å². The molecular formula is C50H51NO10. The molecule has 0 bridgehead atoms. The van der Waals surface area contributed by atoms with Crippen LogP contribution >= 0.6 is 0 Å². The van der Waals surface area contributed by atoms with E-state index >= 15 is 0 Å². The molecule has 2 aliphatic heterocycles. The number of ether oxygens (including phenoxy) is 7. The molecule has 2 heterocycles. The zero-order chi connectivity index (χ0) is 42.4. The van der Waals surface area contributed by atoms with E-state index in [4.69, 9.17) is 33.2 Å². The maximum absolute atomic E-state index is 12.0. The van der Waals surface area contributed by atoms with Gasteiger partial charge in [0, 0.05) is 26.3 Å². The van der Waals surface area contributed by atoms with Crippen LogP contribution < -0.4 is 14.4 Å². The molecule has 61 heavy (non-hydrogen) atoms. The number of rotatable bonds is 14. The molecule has 0 radical (unpaired) electrons. The highest BCUT2D eigenvalue weighted by atomic mass is 16.7. The average Bonchev–Trinajstić information content (AvgIpc) is 3.28. The molecule has 11 nitrogen and oxygen atoms in total. The summed E-state index contributed by atoms with van der Waals surface area (Å²) in [4.78, 5) is 24.7. The lowest BCUT2D eigenvalue weighted by molar-refractivity contribution is -0.317. The van der Waals surface area contributed by atoms with Gasteiger partial charge >= 0.3 is 5.97 Å². The molecule has 1 fully saturated rings. The average molecular weight is 826 g/mol. The molecule has 1 saturated heterocycles. The summed E-state index contributed by atoms with van der Waals surface area (Å²) in [6, 6.07) is 44.7. The number of nitrogens with zero attached hydrogens (tertiary/aromatic N) is 1. The van der Waals surface area contributed by atoms with Gasteiger partial charge in [0.1, 0.15) is 35.9 Å². The minimum atomic E-state index is -1.22. The molecule has 5 aromatic rings. The Bertz CT molecular complexity index is 2230. The van der Waals surface area contributed by atoms with Crippen LogP contribution in [0.5, 0.6) is 11.5 Å². The number of allylic oxidation sites excluding steroid dienone is 3. The third-order valence-corrected chi connectivity index (χ3v) is 10.2. The Labute approximate surface area is 356 Å². The monoisotopic (exact) mass is 825 g/mol. The van der Waals surface area contributed by atoms with Crippen LogP contribution in [0.15, 0.2) is 163 Å². The van der Waals surface area contributed by atoms with Gasteiger partial charge in [-0.25, -0.2) is 0 Å². The SMILES string of the molecule is CC(=O)Oc1ccc2c(c1)OC1=C(C=CCC1)N2C(C)=O.OC1O[C@H](COCc2ccccc2)[C@H](OCc2ccccc2)[C@H](OCc2ccccc2)[C@H]1OCc1ccccc1. The number of fused-ring (bicyclic) bond motifs is 1. The summed E-state index contributed by atoms with van der Waals surface area (Å²) in [5.41, 5.74) is 5.53. The van der Waals surface area contributed by atoms with Crippen molar-refractivity contribution in [3.63, 3.8) is 0 Å². The van der Waals surface area contributed by atoms with Crippen LogP contribution in [0.4, 0.5) is 5.69 Å². The van der Waals surface area contributed by atoms with Crippen molar-refractivity contribution in [2.75, 3.05) is 11.5 Å². The minimum absolute atomic E-state index is 0.0844. The number of carbonyl (C=O) groups excluding carboxylic acids is 2. The number of hydrogen-bond acceptors (Lipinski definition) is 10. The predicted molar refractivity (Wildman–Crippen MR) is 229 cm³/mol. The van der Waals surface area contributed by atoms with Crippen LogP contribution in [0.2, 0.25) is 0 Å². The second-order valence-electron chi connectivity index (χ2n) is 14.8. The number of benzene rings is 5. The van der Waals surface area contributed by atoms with E-state index < -0.39 is 36.7 Å². The fourth-order valence-electron chi connectivity index (χ4n) is 7.29. The summed E-state index contributed by atoms with van der Waals surface area (Å²) >= 11 is 0. The van der Waals surface area contributed by atoms with Gasteiger partial charge in [-0.05, 0) is 46.9 Å². The van der Waals surface area contributed by atoms with Crippen molar-refractivity contribution in [1.82, 2.24) is 0 Å². The summed E-state index contributed by atoms with van der Waals surface area (Å²) in [7, 11) is 0. The zero-order valence-electron chi connectivity index (χ0n) is 34.3. The molecule has 0 spiro atoms. The van der Waals surface area contributed by atoms with Crippen molar-refractivity contribution < 1.29 is 47.9 Å². The topological polar surface area (TPSA) is 122 Å². The second-order valence-corrected chi connectivity index (χ2v) is 14.8. The standard InChI is InChI=1S/C34H36O6.C16H15NO4/c35-34-33(39-24-29-19-11-4-12-20-29)32(38-23-28-17-9-3-10-18-28)31(37-22-27-15-7-2-8-16-27)30(40-34)25-36-21-26-13-5-1-6-14-26;1-10(18)17-13-5-3-4-6-15(13)21-16-9-12(20-11(2)19)7-8-14(16)17/h1-20,30-35H,21-25H2;3,5,7-9H,4,6H2,1-2H3/t30-,31+,32+,33-,34?;/m1./s1. The largest absolute Gasteiger partial charge is 0.457 e. The molecule has 0 aromatic heterocycles. The normalized spacial score (nSPS) is 20.4. The Morgan fingerprint density at radius 3 is 1.74 bits per heavy atom. The third-order valence-electron chi connectivity index (χ3n) is 10.2. The molecule has 8 rings (SSSR count). The molecule has 5 atom stereocenters. The Kier molecular flexibility index (Phi) is 15.3. The lowest BCUT2D eigenvalue weighted by atomic mass is 9.98. The van der Waals surface area contributed by atoms with Gasteiger partial charge in [0.25, 0.3) is 0 Å². The van der Waals surface area contributed by atoms with Crippen molar-refractivity contribution in [2.45, 2.75) is 83.8 Å². The summed E-state index contributed by atoms with van der Waals surface area (Å²) < 4.78 is 42.4. The van der Waals surface area contributed by atoms with Gasteiger partial charge in [-0.15, -0.1) is 0 Å². The molecule has 11 heteroatoms. The van der Waals surface area contributed by atoms with E-state index in [1.54, 1.807) is 23.1 Å². The zero-order valence-corrected chi connectivity index (χ0v) is 34.3. The van der Waals surface area contributed by atoms with Crippen LogP contribution in [0.1, 0.15) is 48.9 Å². The molecule has 1 N–H and O–H groups in total. The van der Waals surface area contributed by atoms with Crippen molar-refractivity contribution in [3.05, 3.63) is 185 Å². The number of aliphatic hydroxyl groups excluding tert-OH is 1. The van der Waals surface area contributed by atoms with Crippen LogP contribution in [0.25, 0.3) is 0 Å². The smallest absolute Gasteiger partial charge is 0.308 e. The summed E-state index contributed by atoms with van der Waals surface area (Å²) in [5, 5.41) is 11.2. The number of anilines is 1. The van der Waals surface area contributed by atoms with Gasteiger partial charge in [0.15, 0.2) is 12.0 Å². The van der Waals surface area contributed by atoms with Crippen molar-refractivity contribution in [2.24, 2.45) is 0 Å². The Morgan fingerprint density at radius 2 is 1.20 bits per heavy atom. The summed E-state index contributed by atoms with van der Waals surface area (Å²) in [5.74, 6) is 1.21. The Balaban J connectivity index is 0.000000224. The maximum Gasteiger partial charge on any atom is 0.308 e. The molecule has 1 unspecified atom stereocenters. The quantitative estimate of drug-likeness (QED) is 0.0861. The van der Waals surface area contributed by atoms with E-state index in [0.29, 0.717) is 43.6 Å². The number of esters is 1. The van der Waals surface area contributed by atoms with Crippen LogP contribution in [0.3, 0.4) is 0 Å². The van der Waals surface area contributed by atoms with E-state index in [1.165, 1.54) is 13.8 Å². The van der Waals surface area contributed by atoms with Crippen molar-refractivity contribution in [1.29, 1.82) is 0 Å². The van der Waals surface area contributed by atoms with Gasteiger partial charge in [-0.3, -0.25) is 14.5 Å². The number of carbonyl (C=O) groups is 2. The van der Waals surface area contributed by atoms with E-state index in [1.807, 2.05) is 133 Å². The summed E-state index contributed by atoms with van der Waals surface area (Å²) in [6.45, 7) is 4.51. The van der Waals surface area contributed by atoms with E-state index in [0.717, 1.165) is 46.6 Å². The molecule has 1 aliphatic carbocycles. The predicted octanol–water partition coefficient (Wildman–Crippen LogP) is 8.60. The number of amides is 1. The fraction of sp³-hybridized carbons (Fsp3) is 0.280. The molecule has 316 valence electrons. The number of aliphatic hydroxyl groups is 1. The number of hydrogen-bond donors (Lipinski definition) is 1. The third kappa shape index (κ3) is 11.9. The second kappa shape index (κ2) is 21.6. The lowest BCUT2D eigenvalue weighted by Gasteiger charge is -2.44. The molecule has 3 aliphatic rings. The van der Waals surface area contributed by atoms with Crippen LogP contribution in [-0.4, -0.2) is 54.3 Å². The van der Waals surface area contributed by atoms with Gasteiger partial charge in [0.05, 0.1) is 44.4 Å². The lowest BCUT2D eigenvalue weighted by Crippen LogP contribution is -2.61. The Hall–Kier alpha value is -5.92. The first kappa shape index (κ1) is 43.2. The molecule has 0 saturated carbocycles.